The summed E-state index contributed by atoms with van der Waals surface area (Å²) in [6.45, 7) is 1.61. The molecular weight excluding hydrogens is 260 g/mol. The minimum absolute atomic E-state index is 0.137. The van der Waals surface area contributed by atoms with Gasteiger partial charge in [0.2, 0.25) is 0 Å². The molecule has 20 heavy (non-hydrogen) atoms. The largest absolute Gasteiger partial charge is 0.465 e. The molecule has 1 N–H and O–H groups in total. The predicted molar refractivity (Wildman–Crippen MR) is 73.9 cm³/mol. The van der Waals surface area contributed by atoms with Crippen LogP contribution >= 0.6 is 0 Å². The van der Waals surface area contributed by atoms with Crippen molar-refractivity contribution < 1.29 is 14.1 Å². The first-order valence-electron chi connectivity index (χ1n) is 6.04. The Morgan fingerprint density at radius 1 is 1.45 bits per heavy atom. The van der Waals surface area contributed by atoms with E-state index in [0.29, 0.717) is 17.3 Å². The molecule has 0 saturated carbocycles. The maximum absolute atomic E-state index is 11.7. The van der Waals surface area contributed by atoms with Gasteiger partial charge in [0.25, 0.3) is 11.8 Å². The standard InChI is InChI=1S/C13H16N4O3/c1-9-6-13(16-20-9)19-8-12(18)15-10-4-5-11(14-7-10)17(2)3/h4-7H,8H2,1-3H3,(H,15,18). The number of carbonyl (C=O) groups excluding carboxylic acids is 1. The van der Waals surface area contributed by atoms with Crippen LogP contribution in [0.5, 0.6) is 5.88 Å². The van der Waals surface area contributed by atoms with Crippen molar-refractivity contribution in [2.45, 2.75) is 6.92 Å². The summed E-state index contributed by atoms with van der Waals surface area (Å²) in [7, 11) is 3.79. The highest BCUT2D eigenvalue weighted by Gasteiger charge is 2.07. The molecule has 0 spiro atoms. The third kappa shape index (κ3) is 3.71. The average Bonchev–Trinajstić information content (AvgIpc) is 2.83. The molecule has 0 saturated heterocycles. The molecule has 0 atom stereocenters. The van der Waals surface area contributed by atoms with Gasteiger partial charge in [-0.25, -0.2) is 4.98 Å². The molecule has 2 aromatic heterocycles. The van der Waals surface area contributed by atoms with Gasteiger partial charge in [-0.2, -0.15) is 0 Å². The van der Waals surface area contributed by atoms with E-state index in [1.54, 1.807) is 25.3 Å². The molecule has 0 fully saturated rings. The van der Waals surface area contributed by atoms with Crippen LogP contribution in [0.25, 0.3) is 0 Å². The number of carbonyl (C=O) groups is 1. The van der Waals surface area contributed by atoms with Crippen molar-refractivity contribution in [3.05, 3.63) is 30.2 Å². The van der Waals surface area contributed by atoms with Gasteiger partial charge in [0, 0.05) is 20.2 Å². The number of rotatable bonds is 5. The summed E-state index contributed by atoms with van der Waals surface area (Å²) in [6.07, 6.45) is 1.59. The van der Waals surface area contributed by atoms with Crippen molar-refractivity contribution >= 4 is 17.4 Å². The number of anilines is 2. The number of aromatic nitrogens is 2. The van der Waals surface area contributed by atoms with E-state index >= 15 is 0 Å². The number of nitrogens with zero attached hydrogens (tertiary/aromatic N) is 3. The van der Waals surface area contributed by atoms with E-state index in [9.17, 15) is 4.79 Å². The molecule has 0 aliphatic heterocycles. The Labute approximate surface area is 116 Å². The van der Waals surface area contributed by atoms with Gasteiger partial charge in [-0.1, -0.05) is 0 Å². The summed E-state index contributed by atoms with van der Waals surface area (Å²) in [5.41, 5.74) is 0.612. The SMILES string of the molecule is Cc1cc(OCC(=O)Nc2ccc(N(C)C)nc2)no1. The van der Waals surface area contributed by atoms with Gasteiger partial charge < -0.3 is 19.5 Å². The van der Waals surface area contributed by atoms with Crippen molar-refractivity contribution in [1.29, 1.82) is 0 Å². The minimum atomic E-state index is -0.287. The third-order valence-corrected chi connectivity index (χ3v) is 2.45. The van der Waals surface area contributed by atoms with Gasteiger partial charge in [0.1, 0.15) is 11.6 Å². The zero-order chi connectivity index (χ0) is 14.5. The summed E-state index contributed by atoms with van der Waals surface area (Å²) in [4.78, 5) is 17.8. The lowest BCUT2D eigenvalue weighted by molar-refractivity contribution is -0.118. The number of aryl methyl sites for hydroxylation is 1. The van der Waals surface area contributed by atoms with Crippen LogP contribution in [0.4, 0.5) is 11.5 Å². The maximum atomic E-state index is 11.7. The fourth-order valence-corrected chi connectivity index (χ4v) is 1.47. The summed E-state index contributed by atoms with van der Waals surface area (Å²) >= 11 is 0. The smallest absolute Gasteiger partial charge is 0.262 e. The van der Waals surface area contributed by atoms with Crippen LogP contribution in [0.1, 0.15) is 5.76 Å². The number of nitrogens with one attached hydrogen (secondary N) is 1. The van der Waals surface area contributed by atoms with Crippen molar-refractivity contribution in [3.8, 4) is 5.88 Å². The van der Waals surface area contributed by atoms with Crippen LogP contribution in [-0.2, 0) is 4.79 Å². The zero-order valence-electron chi connectivity index (χ0n) is 11.6. The molecule has 2 aromatic rings. The first-order chi connectivity index (χ1) is 9.54. The second kappa shape index (κ2) is 6.05. The fraction of sp³-hybridized carbons (Fsp3) is 0.308. The molecule has 0 unspecified atom stereocenters. The number of hydrogen-bond acceptors (Lipinski definition) is 6. The van der Waals surface area contributed by atoms with Crippen LogP contribution in [0.2, 0.25) is 0 Å². The average molecular weight is 276 g/mol. The van der Waals surface area contributed by atoms with E-state index in [1.807, 2.05) is 25.1 Å². The van der Waals surface area contributed by atoms with Crippen LogP contribution in [-0.4, -0.2) is 36.8 Å². The zero-order valence-corrected chi connectivity index (χ0v) is 11.6. The highest BCUT2D eigenvalue weighted by molar-refractivity contribution is 5.91. The minimum Gasteiger partial charge on any atom is -0.465 e. The van der Waals surface area contributed by atoms with Crippen molar-refractivity contribution in [1.82, 2.24) is 10.1 Å². The summed E-state index contributed by atoms with van der Waals surface area (Å²) < 4.78 is 10.0. The molecular formula is C13H16N4O3. The highest BCUT2D eigenvalue weighted by Crippen LogP contribution is 2.12. The van der Waals surface area contributed by atoms with Crippen LogP contribution in [0, 0.1) is 6.92 Å². The van der Waals surface area contributed by atoms with E-state index < -0.39 is 0 Å². The predicted octanol–water partition coefficient (Wildman–Crippen LogP) is 1.46. The topological polar surface area (TPSA) is 80.5 Å². The lowest BCUT2D eigenvalue weighted by Crippen LogP contribution is -2.20. The van der Waals surface area contributed by atoms with E-state index in [0.717, 1.165) is 5.82 Å². The lowest BCUT2D eigenvalue weighted by atomic mass is 10.4. The van der Waals surface area contributed by atoms with Gasteiger partial charge in [-0.3, -0.25) is 4.79 Å². The summed E-state index contributed by atoms with van der Waals surface area (Å²) in [6, 6.07) is 5.21. The first-order valence-corrected chi connectivity index (χ1v) is 6.04. The Morgan fingerprint density at radius 2 is 2.25 bits per heavy atom. The Bertz CT molecular complexity index is 578. The van der Waals surface area contributed by atoms with E-state index in [2.05, 4.69) is 15.5 Å². The van der Waals surface area contributed by atoms with Gasteiger partial charge >= 0.3 is 0 Å². The normalized spacial score (nSPS) is 10.2. The Hall–Kier alpha value is -2.57. The summed E-state index contributed by atoms with van der Waals surface area (Å²) in [5.74, 6) is 1.45. The van der Waals surface area contributed by atoms with Crippen molar-refractivity contribution in [3.63, 3.8) is 0 Å². The quantitative estimate of drug-likeness (QED) is 0.890. The number of amides is 1. The monoisotopic (exact) mass is 276 g/mol. The van der Waals surface area contributed by atoms with Crippen LogP contribution in [0.15, 0.2) is 28.9 Å². The van der Waals surface area contributed by atoms with E-state index in [1.165, 1.54) is 0 Å². The van der Waals surface area contributed by atoms with Crippen LogP contribution < -0.4 is 15.0 Å². The molecule has 0 aliphatic carbocycles. The molecule has 7 nitrogen and oxygen atoms in total. The van der Waals surface area contributed by atoms with E-state index in [-0.39, 0.29) is 12.5 Å². The summed E-state index contributed by atoms with van der Waals surface area (Å²) in [5, 5.41) is 6.31. The molecule has 0 aromatic carbocycles. The van der Waals surface area contributed by atoms with E-state index in [4.69, 9.17) is 9.26 Å². The van der Waals surface area contributed by atoms with Crippen molar-refractivity contribution in [2.24, 2.45) is 0 Å². The van der Waals surface area contributed by atoms with Crippen LogP contribution in [0.3, 0.4) is 0 Å². The molecule has 0 radical (unpaired) electrons. The third-order valence-electron chi connectivity index (χ3n) is 2.45. The molecule has 0 bridgehead atoms. The van der Waals surface area contributed by atoms with Gasteiger partial charge in [-0.15, -0.1) is 0 Å². The Morgan fingerprint density at radius 3 is 2.80 bits per heavy atom. The second-order valence-corrected chi connectivity index (χ2v) is 4.41. The van der Waals surface area contributed by atoms with Gasteiger partial charge in [-0.05, 0) is 24.2 Å². The Kier molecular flexibility index (Phi) is 4.19. The van der Waals surface area contributed by atoms with Gasteiger partial charge in [0.15, 0.2) is 6.61 Å². The first kappa shape index (κ1) is 13.9. The Balaban J connectivity index is 1.84. The maximum Gasteiger partial charge on any atom is 0.262 e. The second-order valence-electron chi connectivity index (χ2n) is 4.41. The fourth-order valence-electron chi connectivity index (χ4n) is 1.47. The molecule has 7 heteroatoms. The molecule has 2 heterocycles. The number of pyridine rings is 1. The number of hydrogen-bond donors (Lipinski definition) is 1. The highest BCUT2D eigenvalue weighted by atomic mass is 16.5. The molecule has 2 rings (SSSR count). The van der Waals surface area contributed by atoms with Gasteiger partial charge in [0.05, 0.1) is 11.9 Å². The molecule has 0 aliphatic rings. The molecule has 106 valence electrons. The molecule has 1 amide bonds. The van der Waals surface area contributed by atoms with Crippen molar-refractivity contribution in [2.75, 3.05) is 30.9 Å². The number of ether oxygens (including phenoxy) is 1. The lowest BCUT2D eigenvalue weighted by Gasteiger charge is -2.11.